The minimum Gasteiger partial charge on any atom is -0.381 e. The van der Waals surface area contributed by atoms with E-state index >= 15 is 0 Å². The Morgan fingerprint density at radius 3 is 2.50 bits per heavy atom. The second-order valence-electron chi connectivity index (χ2n) is 8.01. The van der Waals surface area contributed by atoms with Crippen LogP contribution in [0.3, 0.4) is 0 Å². The number of benzene rings is 1. The lowest BCUT2D eigenvalue weighted by Crippen LogP contribution is -2.52. The van der Waals surface area contributed by atoms with Gasteiger partial charge in [-0.2, -0.15) is 0 Å². The molecule has 0 atom stereocenters. The van der Waals surface area contributed by atoms with Crippen molar-refractivity contribution in [3.05, 3.63) is 29.3 Å². The highest BCUT2D eigenvalue weighted by molar-refractivity contribution is 6.30. The van der Waals surface area contributed by atoms with Crippen LogP contribution in [0, 0.1) is 5.92 Å². The number of carbonyl (C=O) groups excluding carboxylic acids is 1. The highest BCUT2D eigenvalue weighted by atomic mass is 35.5. The maximum atomic E-state index is 12.7. The number of rotatable bonds is 6. The van der Waals surface area contributed by atoms with Crippen LogP contribution in [-0.2, 0) is 9.53 Å². The standard InChI is InChI=1S/C22H34ClN5O2/c1-24-22(26(2)10-7-18-8-15-30-16-9-18)25-17-21(29)28-13-11-27(12-14-28)20-5-3-19(23)4-6-20/h3-6,18H,7-17H2,1-2H3,(H,24,25). The first-order valence-electron chi connectivity index (χ1n) is 10.8. The molecule has 0 unspecified atom stereocenters. The van der Waals surface area contributed by atoms with Gasteiger partial charge in [-0.3, -0.25) is 9.79 Å². The van der Waals surface area contributed by atoms with Crippen LogP contribution in [-0.4, -0.2) is 88.2 Å². The van der Waals surface area contributed by atoms with Crippen molar-refractivity contribution >= 4 is 29.2 Å². The first-order valence-corrected chi connectivity index (χ1v) is 11.2. The van der Waals surface area contributed by atoms with Gasteiger partial charge in [0.2, 0.25) is 5.91 Å². The zero-order valence-electron chi connectivity index (χ0n) is 18.1. The van der Waals surface area contributed by atoms with E-state index in [9.17, 15) is 4.79 Å². The number of hydrogen-bond donors (Lipinski definition) is 1. The van der Waals surface area contributed by atoms with Crippen molar-refractivity contribution in [2.24, 2.45) is 10.9 Å². The molecule has 0 aromatic heterocycles. The molecule has 1 amide bonds. The molecule has 0 bridgehead atoms. The largest absolute Gasteiger partial charge is 0.381 e. The molecule has 0 spiro atoms. The molecule has 0 radical (unpaired) electrons. The van der Waals surface area contributed by atoms with Crippen molar-refractivity contribution in [3.8, 4) is 0 Å². The van der Waals surface area contributed by atoms with E-state index in [1.165, 1.54) is 0 Å². The maximum Gasteiger partial charge on any atom is 0.242 e. The summed E-state index contributed by atoms with van der Waals surface area (Å²) in [5.41, 5.74) is 1.15. The Kier molecular flexibility index (Phi) is 8.63. The van der Waals surface area contributed by atoms with Crippen molar-refractivity contribution in [1.82, 2.24) is 15.1 Å². The van der Waals surface area contributed by atoms with Crippen LogP contribution in [0.1, 0.15) is 19.3 Å². The van der Waals surface area contributed by atoms with Crippen molar-refractivity contribution < 1.29 is 9.53 Å². The van der Waals surface area contributed by atoms with Gasteiger partial charge in [0.1, 0.15) is 0 Å². The molecule has 2 saturated heterocycles. The number of carbonyl (C=O) groups is 1. The fourth-order valence-electron chi connectivity index (χ4n) is 4.03. The molecule has 166 valence electrons. The molecule has 1 aromatic carbocycles. The van der Waals surface area contributed by atoms with E-state index in [0.717, 1.165) is 87.8 Å². The molecule has 0 aliphatic carbocycles. The molecule has 0 saturated carbocycles. The number of anilines is 1. The van der Waals surface area contributed by atoms with Gasteiger partial charge < -0.3 is 24.8 Å². The number of nitrogens with one attached hydrogen (secondary N) is 1. The molecule has 30 heavy (non-hydrogen) atoms. The van der Waals surface area contributed by atoms with Gasteiger partial charge in [-0.05, 0) is 49.4 Å². The Hall–Kier alpha value is -1.99. The molecular weight excluding hydrogens is 402 g/mol. The lowest BCUT2D eigenvalue weighted by Gasteiger charge is -2.36. The average molecular weight is 436 g/mol. The summed E-state index contributed by atoms with van der Waals surface area (Å²) in [4.78, 5) is 23.3. The van der Waals surface area contributed by atoms with E-state index in [4.69, 9.17) is 16.3 Å². The molecule has 7 nitrogen and oxygen atoms in total. The average Bonchev–Trinajstić information content (AvgIpc) is 2.79. The molecule has 2 aliphatic rings. The second kappa shape index (κ2) is 11.4. The molecule has 2 fully saturated rings. The van der Waals surface area contributed by atoms with Gasteiger partial charge in [0, 0.05) is 70.7 Å². The van der Waals surface area contributed by atoms with Gasteiger partial charge in [0.15, 0.2) is 5.96 Å². The summed E-state index contributed by atoms with van der Waals surface area (Å²) < 4.78 is 5.43. The Bertz CT molecular complexity index is 698. The number of amides is 1. The van der Waals surface area contributed by atoms with Gasteiger partial charge in [-0.15, -0.1) is 0 Å². The number of halogens is 1. The minimum atomic E-state index is 0.115. The fraction of sp³-hybridized carbons (Fsp3) is 0.636. The van der Waals surface area contributed by atoms with Crippen LogP contribution in [0.15, 0.2) is 29.3 Å². The molecule has 1 N–H and O–H groups in total. The molecule has 2 aliphatic heterocycles. The zero-order valence-corrected chi connectivity index (χ0v) is 18.9. The van der Waals surface area contributed by atoms with Crippen LogP contribution in [0.2, 0.25) is 5.02 Å². The third-order valence-electron chi connectivity index (χ3n) is 6.01. The van der Waals surface area contributed by atoms with E-state index in [-0.39, 0.29) is 12.5 Å². The Labute approximate surface area is 185 Å². The lowest BCUT2D eigenvalue weighted by atomic mass is 9.96. The number of hydrogen-bond acceptors (Lipinski definition) is 4. The van der Waals surface area contributed by atoms with Crippen molar-refractivity contribution in [3.63, 3.8) is 0 Å². The smallest absolute Gasteiger partial charge is 0.242 e. The first-order chi connectivity index (χ1) is 14.6. The Morgan fingerprint density at radius 2 is 1.87 bits per heavy atom. The van der Waals surface area contributed by atoms with Crippen LogP contribution >= 0.6 is 11.6 Å². The number of aliphatic imine (C=N–C) groups is 1. The molecule has 8 heteroatoms. The van der Waals surface area contributed by atoms with E-state index < -0.39 is 0 Å². The summed E-state index contributed by atoms with van der Waals surface area (Å²) in [7, 11) is 3.80. The van der Waals surface area contributed by atoms with Crippen molar-refractivity contribution in [1.29, 1.82) is 0 Å². The molecular formula is C22H34ClN5O2. The van der Waals surface area contributed by atoms with E-state index in [0.29, 0.717) is 0 Å². The first kappa shape index (κ1) is 22.7. The number of ether oxygens (including phenoxy) is 1. The molecule has 3 rings (SSSR count). The highest BCUT2D eigenvalue weighted by Gasteiger charge is 2.22. The van der Waals surface area contributed by atoms with Gasteiger partial charge in [0.05, 0.1) is 6.54 Å². The quantitative estimate of drug-likeness (QED) is 0.549. The van der Waals surface area contributed by atoms with E-state index in [1.54, 1.807) is 7.05 Å². The predicted octanol–water partition coefficient (Wildman–Crippen LogP) is 2.31. The molecule has 2 heterocycles. The van der Waals surface area contributed by atoms with E-state index in [2.05, 4.69) is 20.1 Å². The summed E-state index contributed by atoms with van der Waals surface area (Å²) in [5.74, 6) is 1.61. The summed E-state index contributed by atoms with van der Waals surface area (Å²) in [6.07, 6.45) is 3.40. The van der Waals surface area contributed by atoms with Gasteiger partial charge in [0.25, 0.3) is 0 Å². The second-order valence-corrected chi connectivity index (χ2v) is 8.45. The summed E-state index contributed by atoms with van der Waals surface area (Å²) in [6.45, 7) is 6.05. The van der Waals surface area contributed by atoms with Crippen LogP contribution in [0.4, 0.5) is 5.69 Å². The topological polar surface area (TPSA) is 60.4 Å². The van der Waals surface area contributed by atoms with Gasteiger partial charge in [-0.25, -0.2) is 0 Å². The number of guanidine groups is 1. The fourth-order valence-corrected chi connectivity index (χ4v) is 4.16. The summed E-state index contributed by atoms with van der Waals surface area (Å²) in [5, 5.41) is 3.98. The summed E-state index contributed by atoms with van der Waals surface area (Å²) >= 11 is 5.97. The van der Waals surface area contributed by atoms with Crippen molar-refractivity contribution in [2.75, 3.05) is 71.5 Å². The SMILES string of the molecule is CN=C(NCC(=O)N1CCN(c2ccc(Cl)cc2)CC1)N(C)CCC1CCOCC1. The number of piperazine rings is 1. The van der Waals surface area contributed by atoms with Gasteiger partial charge in [-0.1, -0.05) is 11.6 Å². The predicted molar refractivity (Wildman–Crippen MR) is 122 cm³/mol. The van der Waals surface area contributed by atoms with Crippen LogP contribution in [0.25, 0.3) is 0 Å². The van der Waals surface area contributed by atoms with Crippen LogP contribution in [0.5, 0.6) is 0 Å². The number of nitrogens with zero attached hydrogens (tertiary/aromatic N) is 4. The monoisotopic (exact) mass is 435 g/mol. The minimum absolute atomic E-state index is 0.115. The van der Waals surface area contributed by atoms with Crippen molar-refractivity contribution in [2.45, 2.75) is 19.3 Å². The third kappa shape index (κ3) is 6.51. The lowest BCUT2D eigenvalue weighted by molar-refractivity contribution is -0.130. The van der Waals surface area contributed by atoms with Gasteiger partial charge >= 0.3 is 0 Å². The Morgan fingerprint density at radius 1 is 1.20 bits per heavy atom. The highest BCUT2D eigenvalue weighted by Crippen LogP contribution is 2.20. The normalized spacial score (nSPS) is 18.4. The molecule has 1 aromatic rings. The zero-order chi connectivity index (χ0) is 21.3. The third-order valence-corrected chi connectivity index (χ3v) is 6.26. The Balaban J connectivity index is 1.39. The van der Waals surface area contributed by atoms with E-state index in [1.807, 2.05) is 36.2 Å². The summed E-state index contributed by atoms with van der Waals surface area (Å²) in [6, 6.07) is 7.87. The maximum absolute atomic E-state index is 12.7. The van der Waals surface area contributed by atoms with Crippen LogP contribution < -0.4 is 10.2 Å².